The molecule has 18 heavy (non-hydrogen) atoms. The van der Waals surface area contributed by atoms with Gasteiger partial charge in [0, 0.05) is 13.1 Å². The molecule has 0 bridgehead atoms. The van der Waals surface area contributed by atoms with Gasteiger partial charge in [0.25, 0.3) is 0 Å². The Hall–Kier alpha value is -0.910. The van der Waals surface area contributed by atoms with Crippen molar-refractivity contribution in [2.45, 2.75) is 38.2 Å². The summed E-state index contributed by atoms with van der Waals surface area (Å²) in [5.41, 5.74) is 2.33. The van der Waals surface area contributed by atoms with Crippen molar-refractivity contribution in [1.29, 1.82) is 0 Å². The van der Waals surface area contributed by atoms with Crippen LogP contribution in [0.2, 0.25) is 0 Å². The summed E-state index contributed by atoms with van der Waals surface area (Å²) in [5, 5.41) is 9.20. The highest BCUT2D eigenvalue weighted by Gasteiger charge is 2.29. The first-order chi connectivity index (χ1) is 8.46. The summed E-state index contributed by atoms with van der Waals surface area (Å²) in [6.45, 7) is 4.76. The number of aliphatic hydroxyl groups excluding tert-OH is 1. The Bertz CT molecular complexity index is 546. The van der Waals surface area contributed by atoms with E-state index in [9.17, 15) is 13.5 Å². The van der Waals surface area contributed by atoms with E-state index in [1.165, 1.54) is 4.31 Å². The topological polar surface area (TPSA) is 57.6 Å². The molecule has 1 fully saturated rings. The van der Waals surface area contributed by atoms with Gasteiger partial charge in [0.1, 0.15) is 0 Å². The number of nitrogens with zero attached hydrogens (tertiary/aromatic N) is 1. The number of aliphatic hydroxyl groups is 1. The predicted octanol–water partition coefficient (Wildman–Crippen LogP) is 1.58. The van der Waals surface area contributed by atoms with E-state index >= 15 is 0 Å². The van der Waals surface area contributed by atoms with E-state index in [1.807, 2.05) is 19.9 Å². The van der Waals surface area contributed by atoms with Crippen molar-refractivity contribution >= 4 is 10.0 Å². The lowest BCUT2D eigenvalue weighted by atomic mass is 10.1. The Morgan fingerprint density at radius 1 is 1.22 bits per heavy atom. The predicted molar refractivity (Wildman–Crippen MR) is 69.8 cm³/mol. The average Bonchev–Trinajstić information content (AvgIpc) is 2.86. The van der Waals surface area contributed by atoms with Crippen LogP contribution in [0.25, 0.3) is 0 Å². The Kier molecular flexibility index (Phi) is 3.75. The Morgan fingerprint density at radius 3 is 2.39 bits per heavy atom. The van der Waals surface area contributed by atoms with Crippen LogP contribution < -0.4 is 0 Å². The smallest absolute Gasteiger partial charge is 0.243 e. The summed E-state index contributed by atoms with van der Waals surface area (Å²) < 4.78 is 26.6. The summed E-state index contributed by atoms with van der Waals surface area (Å²) in [6.07, 6.45) is 1.86. The minimum Gasteiger partial charge on any atom is -0.392 e. The van der Waals surface area contributed by atoms with E-state index in [1.54, 1.807) is 6.07 Å². The lowest BCUT2D eigenvalue weighted by Crippen LogP contribution is -2.28. The molecule has 2 rings (SSSR count). The lowest BCUT2D eigenvalue weighted by Gasteiger charge is -2.19. The molecule has 4 nitrogen and oxygen atoms in total. The first-order valence-electron chi connectivity index (χ1n) is 6.18. The molecule has 0 spiro atoms. The molecule has 0 amide bonds. The van der Waals surface area contributed by atoms with Gasteiger partial charge in [0.2, 0.25) is 10.0 Å². The molecular formula is C13H19NO3S. The van der Waals surface area contributed by atoms with Gasteiger partial charge in [-0.25, -0.2) is 8.42 Å². The number of benzene rings is 1. The van der Waals surface area contributed by atoms with E-state index in [2.05, 4.69) is 0 Å². The summed E-state index contributed by atoms with van der Waals surface area (Å²) in [4.78, 5) is 0.341. The van der Waals surface area contributed by atoms with Crippen molar-refractivity contribution < 1.29 is 13.5 Å². The number of hydrogen-bond acceptors (Lipinski definition) is 3. The zero-order valence-electron chi connectivity index (χ0n) is 10.8. The highest BCUT2D eigenvalue weighted by atomic mass is 32.2. The maximum atomic E-state index is 12.5. The van der Waals surface area contributed by atoms with Crippen LogP contribution in [0.3, 0.4) is 0 Å². The Balaban J connectivity index is 2.52. The maximum Gasteiger partial charge on any atom is 0.243 e. The van der Waals surface area contributed by atoms with E-state index in [-0.39, 0.29) is 6.61 Å². The number of hydrogen-bond donors (Lipinski definition) is 1. The molecule has 0 radical (unpaired) electrons. The van der Waals surface area contributed by atoms with Crippen molar-refractivity contribution in [2.24, 2.45) is 0 Å². The van der Waals surface area contributed by atoms with Gasteiger partial charge in [-0.05, 0) is 49.4 Å². The molecule has 1 aliphatic heterocycles. The molecule has 1 aromatic carbocycles. The van der Waals surface area contributed by atoms with Crippen LogP contribution in [-0.2, 0) is 16.6 Å². The largest absolute Gasteiger partial charge is 0.392 e. The maximum absolute atomic E-state index is 12.5. The summed E-state index contributed by atoms with van der Waals surface area (Å²) in [7, 11) is -3.40. The number of aryl methyl sites for hydroxylation is 1. The second-order valence-electron chi connectivity index (χ2n) is 4.81. The fourth-order valence-electron chi connectivity index (χ4n) is 2.33. The molecule has 0 saturated carbocycles. The SMILES string of the molecule is Cc1cc(CO)cc(S(=O)(=O)N2CCCC2)c1C. The van der Waals surface area contributed by atoms with Gasteiger partial charge in [0.05, 0.1) is 11.5 Å². The zero-order valence-corrected chi connectivity index (χ0v) is 11.6. The first kappa shape index (κ1) is 13.5. The van der Waals surface area contributed by atoms with Crippen LogP contribution in [-0.4, -0.2) is 30.9 Å². The molecule has 1 N–H and O–H groups in total. The van der Waals surface area contributed by atoms with Crippen molar-refractivity contribution in [1.82, 2.24) is 4.31 Å². The van der Waals surface area contributed by atoms with Gasteiger partial charge in [-0.2, -0.15) is 4.31 Å². The van der Waals surface area contributed by atoms with E-state index in [4.69, 9.17) is 0 Å². The average molecular weight is 269 g/mol. The van der Waals surface area contributed by atoms with Gasteiger partial charge in [-0.1, -0.05) is 6.07 Å². The molecule has 0 aliphatic carbocycles. The molecule has 1 aliphatic rings. The molecule has 1 aromatic rings. The van der Waals surface area contributed by atoms with Crippen molar-refractivity contribution in [3.63, 3.8) is 0 Å². The summed E-state index contributed by atoms with van der Waals surface area (Å²) >= 11 is 0. The van der Waals surface area contributed by atoms with E-state index in [0.717, 1.165) is 24.0 Å². The summed E-state index contributed by atoms with van der Waals surface area (Å²) in [6, 6.07) is 3.42. The third-order valence-electron chi connectivity index (χ3n) is 3.54. The van der Waals surface area contributed by atoms with Gasteiger partial charge in [-0.15, -0.1) is 0 Å². The van der Waals surface area contributed by atoms with Crippen LogP contribution in [0.4, 0.5) is 0 Å². The van der Waals surface area contributed by atoms with Gasteiger partial charge in [-0.3, -0.25) is 0 Å². The first-order valence-corrected chi connectivity index (χ1v) is 7.62. The molecule has 0 unspecified atom stereocenters. The number of sulfonamides is 1. The normalized spacial score (nSPS) is 17.3. The molecule has 0 aromatic heterocycles. The standard InChI is InChI=1S/C13H19NO3S/c1-10-7-12(9-15)8-13(11(10)2)18(16,17)14-5-3-4-6-14/h7-8,15H,3-6,9H2,1-2H3. The van der Waals surface area contributed by atoms with Crippen LogP contribution in [0.1, 0.15) is 29.5 Å². The van der Waals surface area contributed by atoms with Crippen LogP contribution in [0, 0.1) is 13.8 Å². The van der Waals surface area contributed by atoms with Gasteiger partial charge in [0.15, 0.2) is 0 Å². The minimum atomic E-state index is -3.40. The van der Waals surface area contributed by atoms with E-state index in [0.29, 0.717) is 23.5 Å². The Morgan fingerprint density at radius 2 is 1.83 bits per heavy atom. The van der Waals surface area contributed by atoms with Crippen LogP contribution in [0.15, 0.2) is 17.0 Å². The third kappa shape index (κ3) is 2.30. The molecule has 100 valence electrons. The highest BCUT2D eigenvalue weighted by Crippen LogP contribution is 2.26. The van der Waals surface area contributed by atoms with Crippen LogP contribution in [0.5, 0.6) is 0 Å². The molecular weight excluding hydrogens is 250 g/mol. The molecule has 1 saturated heterocycles. The highest BCUT2D eigenvalue weighted by molar-refractivity contribution is 7.89. The second-order valence-corrected chi connectivity index (χ2v) is 6.71. The number of rotatable bonds is 3. The third-order valence-corrected chi connectivity index (χ3v) is 5.57. The van der Waals surface area contributed by atoms with E-state index < -0.39 is 10.0 Å². The fourth-order valence-corrected chi connectivity index (χ4v) is 4.19. The summed E-state index contributed by atoms with van der Waals surface area (Å²) in [5.74, 6) is 0. The zero-order chi connectivity index (χ0) is 13.3. The van der Waals surface area contributed by atoms with Crippen molar-refractivity contribution in [3.8, 4) is 0 Å². The fraction of sp³-hybridized carbons (Fsp3) is 0.538. The monoisotopic (exact) mass is 269 g/mol. The Labute approximate surface area is 108 Å². The van der Waals surface area contributed by atoms with Crippen molar-refractivity contribution in [3.05, 3.63) is 28.8 Å². The molecule has 5 heteroatoms. The lowest BCUT2D eigenvalue weighted by molar-refractivity contribution is 0.281. The molecule has 1 heterocycles. The second kappa shape index (κ2) is 4.99. The quantitative estimate of drug-likeness (QED) is 0.906. The van der Waals surface area contributed by atoms with Gasteiger partial charge >= 0.3 is 0 Å². The van der Waals surface area contributed by atoms with Crippen molar-refractivity contribution in [2.75, 3.05) is 13.1 Å². The molecule has 0 atom stereocenters. The minimum absolute atomic E-state index is 0.135. The van der Waals surface area contributed by atoms with Gasteiger partial charge < -0.3 is 5.11 Å². The van der Waals surface area contributed by atoms with Crippen LogP contribution >= 0.6 is 0 Å².